The number of nitrogens with zero attached hydrogens (tertiary/aromatic N) is 5. The molecule has 0 atom stereocenters. The van der Waals surface area contributed by atoms with Crippen LogP contribution in [0.3, 0.4) is 0 Å². The zero-order valence-electron chi connectivity index (χ0n) is 18.5. The molecule has 0 radical (unpaired) electrons. The number of aromatic carboxylic acids is 1. The molecule has 4 aromatic rings. The van der Waals surface area contributed by atoms with Crippen molar-refractivity contribution in [1.82, 2.24) is 24.6 Å². The van der Waals surface area contributed by atoms with Crippen LogP contribution >= 0.6 is 0 Å². The van der Waals surface area contributed by atoms with E-state index in [9.17, 15) is 14.7 Å². The van der Waals surface area contributed by atoms with Crippen molar-refractivity contribution in [3.05, 3.63) is 72.4 Å². The van der Waals surface area contributed by atoms with Crippen LogP contribution in [0.5, 0.6) is 0 Å². The van der Waals surface area contributed by atoms with Crippen molar-refractivity contribution < 1.29 is 14.7 Å². The van der Waals surface area contributed by atoms with Crippen molar-refractivity contribution >= 4 is 28.6 Å². The number of likely N-dealkylation sites (tertiary alicyclic amines) is 1. The summed E-state index contributed by atoms with van der Waals surface area (Å²) in [6, 6.07) is 10.2. The van der Waals surface area contributed by atoms with Crippen LogP contribution in [0.4, 0.5) is 10.5 Å². The number of benzene rings is 1. The van der Waals surface area contributed by atoms with Gasteiger partial charge in [0.25, 0.3) is 0 Å². The number of pyridine rings is 2. The Labute approximate surface area is 196 Å². The molecule has 4 heterocycles. The van der Waals surface area contributed by atoms with Gasteiger partial charge in [-0.2, -0.15) is 9.78 Å². The summed E-state index contributed by atoms with van der Waals surface area (Å²) in [6.45, 7) is 3.03. The van der Waals surface area contributed by atoms with E-state index < -0.39 is 12.0 Å². The molecule has 0 unspecified atom stereocenters. The molecule has 1 aromatic carbocycles. The standard InChI is InChI=1S/C25H24N6O3/c32-24(33)23-21-12-18(19-11-17(13-27-14-19)16-30-9-2-1-3-10-30)6-7-22(21)31(29-23)25(34)28-20-5-4-8-26-15-20/h4-8,11-15H,1-3,9-10,16H2,(H,28,34)(H,32,33). The number of aromatic nitrogens is 4. The molecule has 5 rings (SSSR count). The summed E-state index contributed by atoms with van der Waals surface area (Å²) in [7, 11) is 0. The van der Waals surface area contributed by atoms with Crippen LogP contribution in [0.1, 0.15) is 35.3 Å². The number of rotatable bonds is 5. The fourth-order valence-corrected chi connectivity index (χ4v) is 4.33. The lowest BCUT2D eigenvalue weighted by Gasteiger charge is -2.26. The molecule has 1 amide bonds. The van der Waals surface area contributed by atoms with Gasteiger partial charge in [0.15, 0.2) is 5.69 Å². The maximum Gasteiger partial charge on any atom is 0.357 e. The summed E-state index contributed by atoms with van der Waals surface area (Å²) in [5, 5.41) is 16.9. The first-order valence-electron chi connectivity index (χ1n) is 11.2. The first kappa shape index (κ1) is 21.7. The number of amides is 1. The summed E-state index contributed by atoms with van der Waals surface area (Å²) in [5.74, 6) is -1.20. The van der Waals surface area contributed by atoms with Gasteiger partial charge < -0.3 is 10.4 Å². The second-order valence-corrected chi connectivity index (χ2v) is 8.39. The Balaban J connectivity index is 1.47. The Hall–Kier alpha value is -4.11. The first-order chi connectivity index (χ1) is 16.6. The van der Waals surface area contributed by atoms with Crippen molar-refractivity contribution in [2.75, 3.05) is 18.4 Å². The monoisotopic (exact) mass is 456 g/mol. The van der Waals surface area contributed by atoms with E-state index in [4.69, 9.17) is 0 Å². The minimum atomic E-state index is -1.20. The maximum absolute atomic E-state index is 12.8. The maximum atomic E-state index is 12.8. The Kier molecular flexibility index (Phi) is 6.01. The first-order valence-corrected chi connectivity index (χ1v) is 11.2. The van der Waals surface area contributed by atoms with E-state index in [1.54, 1.807) is 36.7 Å². The third-order valence-corrected chi connectivity index (χ3v) is 5.97. The van der Waals surface area contributed by atoms with Crippen molar-refractivity contribution in [1.29, 1.82) is 0 Å². The highest BCUT2D eigenvalue weighted by Crippen LogP contribution is 2.28. The number of anilines is 1. The van der Waals surface area contributed by atoms with Crippen LogP contribution in [0, 0.1) is 0 Å². The van der Waals surface area contributed by atoms with E-state index in [1.807, 2.05) is 12.3 Å². The number of carbonyl (C=O) groups is 2. The number of carboxylic acid groups (broad SMARTS) is 1. The minimum absolute atomic E-state index is 0.185. The van der Waals surface area contributed by atoms with Crippen molar-refractivity contribution in [3.63, 3.8) is 0 Å². The van der Waals surface area contributed by atoms with Crippen LogP contribution in [0.15, 0.2) is 61.2 Å². The molecule has 0 spiro atoms. The lowest BCUT2D eigenvalue weighted by Crippen LogP contribution is -2.29. The normalized spacial score (nSPS) is 14.2. The van der Waals surface area contributed by atoms with Crippen molar-refractivity contribution in [2.45, 2.75) is 25.8 Å². The second-order valence-electron chi connectivity index (χ2n) is 8.39. The average molecular weight is 457 g/mol. The number of piperidine rings is 1. The highest BCUT2D eigenvalue weighted by Gasteiger charge is 2.21. The van der Waals surface area contributed by atoms with Crippen molar-refractivity contribution in [3.8, 4) is 11.1 Å². The Bertz CT molecular complexity index is 1350. The van der Waals surface area contributed by atoms with E-state index >= 15 is 0 Å². The van der Waals surface area contributed by atoms with Gasteiger partial charge in [-0.25, -0.2) is 9.59 Å². The third kappa shape index (κ3) is 4.51. The van der Waals surface area contributed by atoms with E-state index in [1.165, 1.54) is 25.5 Å². The molecule has 172 valence electrons. The predicted molar refractivity (Wildman–Crippen MR) is 128 cm³/mol. The molecule has 9 heteroatoms. The molecule has 9 nitrogen and oxygen atoms in total. The average Bonchev–Trinajstić information content (AvgIpc) is 3.25. The van der Waals surface area contributed by atoms with E-state index in [0.717, 1.165) is 41.0 Å². The number of carbonyl (C=O) groups excluding carboxylic acids is 1. The van der Waals surface area contributed by atoms with Crippen LogP contribution < -0.4 is 5.32 Å². The molecule has 2 N–H and O–H groups in total. The van der Waals surface area contributed by atoms with Gasteiger partial charge in [0.2, 0.25) is 0 Å². The smallest absolute Gasteiger partial charge is 0.357 e. The van der Waals surface area contributed by atoms with Gasteiger partial charge in [-0.3, -0.25) is 14.9 Å². The lowest BCUT2D eigenvalue weighted by atomic mass is 10.0. The largest absolute Gasteiger partial charge is 0.476 e. The third-order valence-electron chi connectivity index (χ3n) is 5.97. The van der Waals surface area contributed by atoms with Gasteiger partial charge in [-0.15, -0.1) is 0 Å². The summed E-state index contributed by atoms with van der Waals surface area (Å²) in [4.78, 5) is 35.5. The molecular formula is C25H24N6O3. The van der Waals surface area contributed by atoms with Gasteiger partial charge >= 0.3 is 12.0 Å². The fourth-order valence-electron chi connectivity index (χ4n) is 4.33. The predicted octanol–water partition coefficient (Wildman–Crippen LogP) is 4.26. The number of carboxylic acids is 1. The quantitative estimate of drug-likeness (QED) is 0.461. The molecule has 0 aliphatic carbocycles. The Morgan fingerprint density at radius 1 is 0.971 bits per heavy atom. The zero-order chi connectivity index (χ0) is 23.5. The van der Waals surface area contributed by atoms with Crippen LogP contribution in [0.25, 0.3) is 22.0 Å². The van der Waals surface area contributed by atoms with Gasteiger partial charge in [-0.05, 0) is 67.4 Å². The summed E-state index contributed by atoms with van der Waals surface area (Å²) in [5.41, 5.74) is 3.52. The molecule has 3 aromatic heterocycles. The molecule has 0 bridgehead atoms. The lowest BCUT2D eigenvalue weighted by molar-refractivity contribution is 0.0692. The number of fused-ring (bicyclic) bond motifs is 1. The van der Waals surface area contributed by atoms with Gasteiger partial charge in [-0.1, -0.05) is 12.5 Å². The van der Waals surface area contributed by atoms with Crippen LogP contribution in [-0.4, -0.2) is 54.8 Å². The Morgan fingerprint density at radius 2 is 1.82 bits per heavy atom. The van der Waals surface area contributed by atoms with Crippen LogP contribution in [0.2, 0.25) is 0 Å². The molecular weight excluding hydrogens is 432 g/mol. The van der Waals surface area contributed by atoms with E-state index in [0.29, 0.717) is 16.6 Å². The molecule has 34 heavy (non-hydrogen) atoms. The molecule has 0 saturated carbocycles. The Morgan fingerprint density at radius 3 is 2.59 bits per heavy atom. The molecule has 1 aliphatic heterocycles. The van der Waals surface area contributed by atoms with E-state index in [-0.39, 0.29) is 5.69 Å². The number of nitrogens with one attached hydrogen (secondary N) is 1. The van der Waals surface area contributed by atoms with E-state index in [2.05, 4.69) is 31.3 Å². The zero-order valence-corrected chi connectivity index (χ0v) is 18.5. The molecule has 1 saturated heterocycles. The van der Waals surface area contributed by atoms with Gasteiger partial charge in [0, 0.05) is 36.1 Å². The van der Waals surface area contributed by atoms with Crippen LogP contribution in [-0.2, 0) is 6.54 Å². The highest BCUT2D eigenvalue weighted by atomic mass is 16.4. The summed E-state index contributed by atoms with van der Waals surface area (Å²) in [6.07, 6.45) is 10.5. The van der Waals surface area contributed by atoms with Gasteiger partial charge in [0.1, 0.15) is 0 Å². The van der Waals surface area contributed by atoms with Gasteiger partial charge in [0.05, 0.1) is 17.4 Å². The summed E-state index contributed by atoms with van der Waals surface area (Å²) < 4.78 is 1.07. The molecule has 1 aliphatic rings. The molecule has 1 fully saturated rings. The van der Waals surface area contributed by atoms with Crippen molar-refractivity contribution in [2.24, 2.45) is 0 Å². The topological polar surface area (TPSA) is 113 Å². The summed E-state index contributed by atoms with van der Waals surface area (Å²) >= 11 is 0. The minimum Gasteiger partial charge on any atom is -0.476 e. The number of hydrogen-bond acceptors (Lipinski definition) is 6. The fraction of sp³-hybridized carbons (Fsp3) is 0.240. The highest BCUT2D eigenvalue weighted by molar-refractivity contribution is 6.06. The second kappa shape index (κ2) is 9.40. The number of hydrogen-bond donors (Lipinski definition) is 2. The SMILES string of the molecule is O=C(O)c1nn(C(=O)Nc2cccnc2)c2ccc(-c3cncc(CN4CCCCC4)c3)cc12.